The van der Waals surface area contributed by atoms with Crippen molar-refractivity contribution in [3.63, 3.8) is 0 Å². The number of nitrogens with zero attached hydrogens (tertiary/aromatic N) is 3. The topological polar surface area (TPSA) is 109 Å². The number of nitrogens with one attached hydrogen (secondary N) is 1. The van der Waals surface area contributed by atoms with Crippen LogP contribution in [0.3, 0.4) is 0 Å². The molecule has 1 unspecified atom stereocenters. The van der Waals surface area contributed by atoms with E-state index in [1.165, 1.54) is 11.5 Å². The molecule has 2 aromatic rings. The Kier molecular flexibility index (Phi) is 7.54. The second-order valence-electron chi connectivity index (χ2n) is 5.86. The average molecular weight is 407 g/mol. The van der Waals surface area contributed by atoms with Crippen LogP contribution < -0.4 is 5.56 Å². The number of carbonyl (C=O) groups excluding carboxylic acids is 1. The van der Waals surface area contributed by atoms with E-state index < -0.39 is 5.92 Å². The number of thioether (sulfide) groups is 1. The third kappa shape index (κ3) is 5.16. The fourth-order valence-corrected chi connectivity index (χ4v) is 3.57. The van der Waals surface area contributed by atoms with Crippen LogP contribution in [0.1, 0.15) is 13.3 Å². The fourth-order valence-electron chi connectivity index (χ4n) is 2.48. The molecule has 1 heterocycles. The second-order valence-corrected chi connectivity index (χ2v) is 7.24. The second kappa shape index (κ2) is 9.65. The Bertz CT molecular complexity index is 967. The molecule has 2 rings (SSSR count). The molecule has 0 radical (unpaired) electrons. The number of ether oxygens (including phenoxy) is 1. The largest absolute Gasteiger partial charge is 0.385 e. The van der Waals surface area contributed by atoms with E-state index in [4.69, 9.17) is 27.0 Å². The molecule has 27 heavy (non-hydrogen) atoms. The van der Waals surface area contributed by atoms with Crippen LogP contribution in [0.5, 0.6) is 0 Å². The van der Waals surface area contributed by atoms with Gasteiger partial charge in [-0.3, -0.25) is 14.2 Å². The van der Waals surface area contributed by atoms with Crippen molar-refractivity contribution in [1.29, 1.82) is 10.7 Å². The number of nitriles is 1. The third-order valence-corrected chi connectivity index (χ3v) is 5.07. The van der Waals surface area contributed by atoms with Gasteiger partial charge < -0.3 is 10.1 Å². The number of ketones is 1. The van der Waals surface area contributed by atoms with Gasteiger partial charge in [0.05, 0.1) is 22.7 Å². The molecule has 0 bridgehead atoms. The Morgan fingerprint density at radius 1 is 1.52 bits per heavy atom. The molecular formula is C18H19ClN4O3S. The first-order valence-corrected chi connectivity index (χ1v) is 9.54. The van der Waals surface area contributed by atoms with Crippen LogP contribution in [-0.4, -0.2) is 40.5 Å². The molecule has 0 aliphatic heterocycles. The minimum absolute atomic E-state index is 0.00108. The van der Waals surface area contributed by atoms with Gasteiger partial charge >= 0.3 is 0 Å². The third-order valence-electron chi connectivity index (χ3n) is 3.84. The van der Waals surface area contributed by atoms with Crippen LogP contribution >= 0.6 is 23.4 Å². The van der Waals surface area contributed by atoms with Crippen molar-refractivity contribution in [3.8, 4) is 6.07 Å². The lowest BCUT2D eigenvalue weighted by Gasteiger charge is -2.13. The number of hydrogen-bond acceptors (Lipinski definition) is 7. The van der Waals surface area contributed by atoms with Gasteiger partial charge in [0.15, 0.2) is 10.9 Å². The van der Waals surface area contributed by atoms with Gasteiger partial charge in [0.25, 0.3) is 5.56 Å². The molecule has 1 aromatic carbocycles. The predicted octanol–water partition coefficient (Wildman–Crippen LogP) is 2.93. The van der Waals surface area contributed by atoms with Crippen molar-refractivity contribution in [3.05, 3.63) is 33.6 Å². The highest BCUT2D eigenvalue weighted by Gasteiger charge is 2.21. The smallest absolute Gasteiger partial charge is 0.262 e. The van der Waals surface area contributed by atoms with Gasteiger partial charge in [0, 0.05) is 31.0 Å². The number of methoxy groups -OCH3 is 1. The molecule has 0 aliphatic carbocycles. The summed E-state index contributed by atoms with van der Waals surface area (Å²) in [5.74, 6) is -1.53. The number of aromatic nitrogens is 2. The highest BCUT2D eigenvalue weighted by molar-refractivity contribution is 7.99. The van der Waals surface area contributed by atoms with Crippen molar-refractivity contribution < 1.29 is 9.53 Å². The zero-order valence-corrected chi connectivity index (χ0v) is 16.6. The van der Waals surface area contributed by atoms with Crippen LogP contribution in [0.25, 0.3) is 10.9 Å². The zero-order chi connectivity index (χ0) is 20.0. The summed E-state index contributed by atoms with van der Waals surface area (Å²) < 4.78 is 6.55. The van der Waals surface area contributed by atoms with E-state index >= 15 is 0 Å². The predicted molar refractivity (Wildman–Crippen MR) is 106 cm³/mol. The van der Waals surface area contributed by atoms with Gasteiger partial charge in [-0.25, -0.2) is 4.98 Å². The quantitative estimate of drug-likeness (QED) is 0.297. The monoisotopic (exact) mass is 406 g/mol. The minimum atomic E-state index is -1.08. The summed E-state index contributed by atoms with van der Waals surface area (Å²) in [7, 11) is 1.58. The van der Waals surface area contributed by atoms with Crippen LogP contribution in [0.15, 0.2) is 28.2 Å². The van der Waals surface area contributed by atoms with Crippen molar-refractivity contribution in [2.24, 2.45) is 5.92 Å². The molecule has 1 N–H and O–H groups in total. The van der Waals surface area contributed by atoms with E-state index in [9.17, 15) is 9.59 Å². The average Bonchev–Trinajstić information content (AvgIpc) is 2.62. The minimum Gasteiger partial charge on any atom is -0.385 e. The number of halogens is 1. The number of hydrogen-bond donors (Lipinski definition) is 1. The van der Waals surface area contributed by atoms with Gasteiger partial charge in [-0.1, -0.05) is 23.4 Å². The molecule has 142 valence electrons. The maximum atomic E-state index is 12.9. The van der Waals surface area contributed by atoms with Crippen LogP contribution in [0.4, 0.5) is 0 Å². The van der Waals surface area contributed by atoms with E-state index in [0.717, 1.165) is 11.8 Å². The Balaban J connectivity index is 2.38. The van der Waals surface area contributed by atoms with E-state index in [2.05, 4.69) is 4.98 Å². The van der Waals surface area contributed by atoms with Gasteiger partial charge in [-0.15, -0.1) is 0 Å². The molecule has 9 heteroatoms. The van der Waals surface area contributed by atoms with E-state index in [1.54, 1.807) is 25.3 Å². The molecular weight excluding hydrogens is 388 g/mol. The van der Waals surface area contributed by atoms with Crippen molar-refractivity contribution in [1.82, 2.24) is 9.55 Å². The number of rotatable bonds is 9. The molecule has 0 fully saturated rings. The Morgan fingerprint density at radius 2 is 2.26 bits per heavy atom. The van der Waals surface area contributed by atoms with Gasteiger partial charge in [0.2, 0.25) is 0 Å². The molecule has 0 saturated carbocycles. The summed E-state index contributed by atoms with van der Waals surface area (Å²) in [6.45, 7) is 2.30. The van der Waals surface area contributed by atoms with Gasteiger partial charge in [0.1, 0.15) is 5.92 Å². The first-order chi connectivity index (χ1) is 12.9. The van der Waals surface area contributed by atoms with Gasteiger partial charge in [-0.05, 0) is 31.5 Å². The highest BCUT2D eigenvalue weighted by Crippen LogP contribution is 2.21. The lowest BCUT2D eigenvalue weighted by atomic mass is 10.0. The Morgan fingerprint density at radius 3 is 2.89 bits per heavy atom. The molecule has 0 aliphatic rings. The first-order valence-electron chi connectivity index (χ1n) is 8.18. The molecule has 0 amide bonds. The molecule has 7 nitrogen and oxygen atoms in total. The standard InChI is InChI=1S/C18H19ClN4O3S/c1-11(21)14(9-20)16(24)10-27-18-22-15-8-12(19)4-5-13(15)17(25)23(18)6-3-7-26-2/h4-5,8,14,21H,3,6-7,10H2,1-2H3. The number of carbonyl (C=O) groups is 1. The fraction of sp³-hybridized carbons (Fsp3) is 0.389. The van der Waals surface area contributed by atoms with Crippen molar-refractivity contribution >= 4 is 45.8 Å². The zero-order valence-electron chi connectivity index (χ0n) is 15.0. The van der Waals surface area contributed by atoms with Crippen LogP contribution in [0.2, 0.25) is 5.02 Å². The summed E-state index contributed by atoms with van der Waals surface area (Å²) in [4.78, 5) is 29.6. The first kappa shape index (κ1) is 21.1. The summed E-state index contributed by atoms with van der Waals surface area (Å²) in [6.07, 6.45) is 0.610. The maximum Gasteiger partial charge on any atom is 0.262 e. The van der Waals surface area contributed by atoms with E-state index in [1.807, 2.05) is 6.07 Å². The van der Waals surface area contributed by atoms with Crippen molar-refractivity contribution in [2.45, 2.75) is 25.0 Å². The Hall–Kier alpha value is -2.21. The number of fused-ring (bicyclic) bond motifs is 1. The number of benzene rings is 1. The molecule has 1 aromatic heterocycles. The van der Waals surface area contributed by atoms with E-state index in [0.29, 0.717) is 40.7 Å². The van der Waals surface area contributed by atoms with Crippen LogP contribution in [-0.2, 0) is 16.1 Å². The summed E-state index contributed by atoms with van der Waals surface area (Å²) >= 11 is 7.08. The normalized spacial score (nSPS) is 11.9. The van der Waals surface area contributed by atoms with E-state index in [-0.39, 0.29) is 22.8 Å². The van der Waals surface area contributed by atoms with Crippen LogP contribution in [0, 0.1) is 22.7 Å². The maximum absolute atomic E-state index is 12.9. The van der Waals surface area contributed by atoms with Gasteiger partial charge in [-0.2, -0.15) is 5.26 Å². The highest BCUT2D eigenvalue weighted by atomic mass is 35.5. The molecule has 1 atom stereocenters. The Labute approximate surface area is 165 Å². The number of Topliss-reactive ketones (excluding diaryl/α,β-unsaturated/α-hetero) is 1. The lowest BCUT2D eigenvalue weighted by Crippen LogP contribution is -2.25. The summed E-state index contributed by atoms with van der Waals surface area (Å²) in [5.41, 5.74) is 0.229. The lowest BCUT2D eigenvalue weighted by molar-refractivity contribution is -0.117. The molecule has 0 saturated heterocycles. The SMILES string of the molecule is COCCCn1c(SCC(=O)C(C#N)C(C)=N)nc2cc(Cl)ccc2c1=O. The molecule has 0 spiro atoms. The summed E-state index contributed by atoms with van der Waals surface area (Å²) in [6, 6.07) is 6.69. The summed E-state index contributed by atoms with van der Waals surface area (Å²) in [5, 5.41) is 17.9. The van der Waals surface area contributed by atoms with Crippen molar-refractivity contribution in [2.75, 3.05) is 19.5 Å².